The van der Waals surface area contributed by atoms with E-state index in [1.807, 2.05) is 6.92 Å². The maximum Gasteiger partial charge on any atom is 0.410 e. The van der Waals surface area contributed by atoms with Gasteiger partial charge in [-0.15, -0.1) is 0 Å². The smallest absolute Gasteiger partial charge is 0.410 e. The molecule has 0 bridgehead atoms. The van der Waals surface area contributed by atoms with E-state index in [0.29, 0.717) is 5.92 Å². The van der Waals surface area contributed by atoms with Crippen LogP contribution < -0.4 is 5.32 Å². The molecule has 1 N–H and O–H groups in total. The Morgan fingerprint density at radius 3 is 2.92 bits per heavy atom. The van der Waals surface area contributed by atoms with Crippen LogP contribution in [-0.2, 0) is 4.74 Å². The molecular formula is C9H16N2O2. The van der Waals surface area contributed by atoms with E-state index in [4.69, 9.17) is 4.74 Å². The van der Waals surface area contributed by atoms with Crippen molar-refractivity contribution in [3.8, 4) is 0 Å². The Hall–Kier alpha value is -0.770. The molecule has 4 nitrogen and oxygen atoms in total. The second kappa shape index (κ2) is 2.87. The highest BCUT2D eigenvalue weighted by Gasteiger charge is 2.46. The SMILES string of the molecule is CN1CC(C)(C2CCNC2)OC1=O. The van der Waals surface area contributed by atoms with Crippen LogP contribution in [0.5, 0.6) is 0 Å². The van der Waals surface area contributed by atoms with E-state index in [1.54, 1.807) is 11.9 Å². The minimum atomic E-state index is -0.269. The molecule has 0 aliphatic carbocycles. The van der Waals surface area contributed by atoms with Crippen LogP contribution in [0.3, 0.4) is 0 Å². The highest BCUT2D eigenvalue weighted by Crippen LogP contribution is 2.32. The van der Waals surface area contributed by atoms with Crippen molar-refractivity contribution < 1.29 is 9.53 Å². The zero-order chi connectivity index (χ0) is 9.47. The first-order valence-corrected chi connectivity index (χ1v) is 4.77. The minimum absolute atomic E-state index is 0.186. The Labute approximate surface area is 78.2 Å². The van der Waals surface area contributed by atoms with E-state index in [9.17, 15) is 4.79 Å². The Morgan fingerprint density at radius 1 is 1.69 bits per heavy atom. The lowest BCUT2D eigenvalue weighted by molar-refractivity contribution is 0.0287. The van der Waals surface area contributed by atoms with Gasteiger partial charge in [-0.1, -0.05) is 0 Å². The van der Waals surface area contributed by atoms with Crippen LogP contribution in [0, 0.1) is 5.92 Å². The van der Waals surface area contributed by atoms with Crippen molar-refractivity contribution in [1.29, 1.82) is 0 Å². The lowest BCUT2D eigenvalue weighted by atomic mass is 9.88. The number of nitrogens with zero attached hydrogens (tertiary/aromatic N) is 1. The van der Waals surface area contributed by atoms with Gasteiger partial charge in [0.2, 0.25) is 0 Å². The third kappa shape index (κ3) is 1.39. The first-order valence-electron chi connectivity index (χ1n) is 4.77. The van der Waals surface area contributed by atoms with Gasteiger partial charge in [0.25, 0.3) is 0 Å². The standard InChI is InChI=1S/C9H16N2O2/c1-9(7-3-4-10-5-7)6-11(2)8(12)13-9/h7,10H,3-6H2,1-2H3. The van der Waals surface area contributed by atoms with Crippen LogP contribution in [-0.4, -0.2) is 43.3 Å². The number of ether oxygens (including phenoxy) is 1. The van der Waals surface area contributed by atoms with Crippen LogP contribution in [0.2, 0.25) is 0 Å². The van der Waals surface area contributed by atoms with Gasteiger partial charge in [-0.3, -0.25) is 0 Å². The molecule has 0 spiro atoms. The van der Waals surface area contributed by atoms with E-state index in [2.05, 4.69) is 5.32 Å². The number of nitrogens with one attached hydrogen (secondary N) is 1. The molecule has 13 heavy (non-hydrogen) atoms. The Kier molecular flexibility index (Phi) is 1.95. The molecule has 2 atom stereocenters. The monoisotopic (exact) mass is 184 g/mol. The topological polar surface area (TPSA) is 41.6 Å². The van der Waals surface area contributed by atoms with Crippen LogP contribution in [0.15, 0.2) is 0 Å². The molecule has 0 saturated carbocycles. The third-order valence-corrected chi connectivity index (χ3v) is 3.11. The number of cyclic esters (lactones) is 1. The first-order chi connectivity index (χ1) is 6.12. The quantitative estimate of drug-likeness (QED) is 0.643. The lowest BCUT2D eigenvalue weighted by Gasteiger charge is -2.27. The largest absolute Gasteiger partial charge is 0.441 e. The highest BCUT2D eigenvalue weighted by atomic mass is 16.6. The molecule has 0 radical (unpaired) electrons. The summed E-state index contributed by atoms with van der Waals surface area (Å²) < 4.78 is 5.39. The van der Waals surface area contributed by atoms with Crippen LogP contribution in [0.1, 0.15) is 13.3 Å². The summed E-state index contributed by atoms with van der Waals surface area (Å²) in [5, 5.41) is 3.29. The number of carbonyl (C=O) groups is 1. The average molecular weight is 184 g/mol. The zero-order valence-electron chi connectivity index (χ0n) is 8.17. The minimum Gasteiger partial charge on any atom is -0.441 e. The van der Waals surface area contributed by atoms with Gasteiger partial charge in [0.1, 0.15) is 5.60 Å². The molecule has 2 heterocycles. The fourth-order valence-corrected chi connectivity index (χ4v) is 2.23. The highest BCUT2D eigenvalue weighted by molar-refractivity contribution is 5.70. The zero-order valence-corrected chi connectivity index (χ0v) is 8.17. The predicted octanol–water partition coefficient (Wildman–Crippen LogP) is 0.437. The van der Waals surface area contributed by atoms with Gasteiger partial charge in [-0.2, -0.15) is 0 Å². The van der Waals surface area contributed by atoms with E-state index < -0.39 is 0 Å². The summed E-state index contributed by atoms with van der Waals surface area (Å²) in [5.41, 5.74) is -0.269. The van der Waals surface area contributed by atoms with Gasteiger partial charge in [-0.05, 0) is 19.9 Å². The van der Waals surface area contributed by atoms with Crippen molar-refractivity contribution in [3.63, 3.8) is 0 Å². The molecule has 2 saturated heterocycles. The Bertz CT molecular complexity index is 226. The summed E-state index contributed by atoms with van der Waals surface area (Å²) in [4.78, 5) is 12.9. The van der Waals surface area contributed by atoms with Gasteiger partial charge in [0.05, 0.1) is 6.54 Å². The van der Waals surface area contributed by atoms with E-state index >= 15 is 0 Å². The summed E-state index contributed by atoms with van der Waals surface area (Å²) in [7, 11) is 1.79. The third-order valence-electron chi connectivity index (χ3n) is 3.11. The van der Waals surface area contributed by atoms with Crippen molar-refractivity contribution in [2.45, 2.75) is 18.9 Å². The fourth-order valence-electron chi connectivity index (χ4n) is 2.23. The molecule has 0 aromatic rings. The number of carbonyl (C=O) groups excluding carboxylic acids is 1. The van der Waals surface area contributed by atoms with Gasteiger partial charge < -0.3 is 15.0 Å². The normalized spacial score (nSPS) is 39.7. The summed E-state index contributed by atoms with van der Waals surface area (Å²) in [6, 6.07) is 0. The molecule has 74 valence electrons. The van der Waals surface area contributed by atoms with Gasteiger partial charge in [0, 0.05) is 19.5 Å². The number of hydrogen-bond donors (Lipinski definition) is 1. The molecule has 4 heteroatoms. The van der Waals surface area contributed by atoms with Crippen molar-refractivity contribution in [1.82, 2.24) is 10.2 Å². The summed E-state index contributed by atoms with van der Waals surface area (Å²) in [6.07, 6.45) is 0.923. The maximum absolute atomic E-state index is 11.2. The molecule has 2 aliphatic rings. The summed E-state index contributed by atoms with van der Waals surface area (Å²) >= 11 is 0. The second-order valence-electron chi connectivity index (χ2n) is 4.23. The van der Waals surface area contributed by atoms with E-state index in [-0.39, 0.29) is 11.7 Å². The fraction of sp³-hybridized carbons (Fsp3) is 0.889. The molecule has 0 aromatic heterocycles. The molecule has 2 aliphatic heterocycles. The Balaban J connectivity index is 2.08. The van der Waals surface area contributed by atoms with Crippen LogP contribution in [0.25, 0.3) is 0 Å². The van der Waals surface area contributed by atoms with Crippen LogP contribution >= 0.6 is 0 Å². The molecule has 0 aromatic carbocycles. The summed E-state index contributed by atoms with van der Waals surface area (Å²) in [6.45, 7) is 4.77. The molecule has 1 amide bonds. The number of hydrogen-bond acceptors (Lipinski definition) is 3. The maximum atomic E-state index is 11.2. The molecule has 2 fully saturated rings. The van der Waals surface area contributed by atoms with Crippen LogP contribution in [0.4, 0.5) is 4.79 Å². The van der Waals surface area contributed by atoms with Crippen molar-refractivity contribution in [2.75, 3.05) is 26.7 Å². The Morgan fingerprint density at radius 2 is 2.46 bits per heavy atom. The van der Waals surface area contributed by atoms with Gasteiger partial charge in [0.15, 0.2) is 0 Å². The van der Waals surface area contributed by atoms with Crippen molar-refractivity contribution >= 4 is 6.09 Å². The van der Waals surface area contributed by atoms with Gasteiger partial charge >= 0.3 is 6.09 Å². The predicted molar refractivity (Wildman–Crippen MR) is 48.5 cm³/mol. The molecule has 2 unspecified atom stereocenters. The number of likely N-dealkylation sites (N-methyl/N-ethyl adjacent to an activating group) is 1. The van der Waals surface area contributed by atoms with E-state index in [1.165, 1.54) is 0 Å². The molecular weight excluding hydrogens is 168 g/mol. The summed E-state index contributed by atoms with van der Waals surface area (Å²) in [5.74, 6) is 0.474. The van der Waals surface area contributed by atoms with Gasteiger partial charge in [-0.25, -0.2) is 4.79 Å². The average Bonchev–Trinajstić information content (AvgIpc) is 2.61. The second-order valence-corrected chi connectivity index (χ2v) is 4.23. The number of amides is 1. The molecule has 2 rings (SSSR count). The van der Waals surface area contributed by atoms with Crippen molar-refractivity contribution in [2.24, 2.45) is 5.92 Å². The first kappa shape index (κ1) is 8.81. The number of rotatable bonds is 1. The lowest BCUT2D eigenvalue weighted by Crippen LogP contribution is -2.39. The van der Waals surface area contributed by atoms with E-state index in [0.717, 1.165) is 26.1 Å². The van der Waals surface area contributed by atoms with Crippen molar-refractivity contribution in [3.05, 3.63) is 0 Å².